The third kappa shape index (κ3) is 5.70. The Hall–Kier alpha value is -2.64. The summed E-state index contributed by atoms with van der Waals surface area (Å²) in [5.41, 5.74) is 2.07. The number of halogens is 1. The summed E-state index contributed by atoms with van der Waals surface area (Å²) in [5, 5.41) is 0.589. The molecule has 8 heteroatoms. The quantitative estimate of drug-likeness (QED) is 0.481. The summed E-state index contributed by atoms with van der Waals surface area (Å²) >= 11 is 7.22. The maximum absolute atomic E-state index is 12.4. The highest BCUT2D eigenvalue weighted by atomic mass is 35.5. The van der Waals surface area contributed by atoms with Gasteiger partial charge in [0.1, 0.15) is 12.3 Å². The van der Waals surface area contributed by atoms with Gasteiger partial charge in [-0.3, -0.25) is 9.59 Å². The maximum atomic E-state index is 12.4. The van der Waals surface area contributed by atoms with Crippen LogP contribution >= 0.6 is 22.9 Å². The van der Waals surface area contributed by atoms with E-state index in [0.29, 0.717) is 15.6 Å². The second-order valence-electron chi connectivity index (χ2n) is 6.70. The molecule has 0 aliphatic carbocycles. The van der Waals surface area contributed by atoms with Crippen LogP contribution in [-0.4, -0.2) is 30.2 Å². The fraction of sp³-hybridized carbons (Fsp3) is 0.318. The van der Waals surface area contributed by atoms with Crippen LogP contribution in [0.4, 0.5) is 0 Å². The largest absolute Gasteiger partial charge is 0.484 e. The van der Waals surface area contributed by atoms with Crippen LogP contribution in [0.5, 0.6) is 5.75 Å². The molecule has 30 heavy (non-hydrogen) atoms. The van der Waals surface area contributed by atoms with Gasteiger partial charge in [-0.25, -0.2) is 0 Å². The number of benzene rings is 2. The van der Waals surface area contributed by atoms with Crippen LogP contribution in [0.1, 0.15) is 25.3 Å². The average Bonchev–Trinajstić information content (AvgIpc) is 3.07. The molecule has 2 aromatic carbocycles. The predicted molar refractivity (Wildman–Crippen MR) is 118 cm³/mol. The molecule has 3 aromatic rings. The number of hydrogen-bond acceptors (Lipinski definition) is 5. The lowest BCUT2D eigenvalue weighted by Crippen LogP contribution is -2.23. The zero-order chi connectivity index (χ0) is 21.5. The molecule has 0 N–H and O–H groups in total. The summed E-state index contributed by atoms with van der Waals surface area (Å²) in [4.78, 5) is 28.9. The number of carbonyl (C=O) groups is 2. The number of nitrogens with zero attached hydrogens (tertiary/aromatic N) is 2. The van der Waals surface area contributed by atoms with Crippen molar-refractivity contribution in [3.8, 4) is 5.75 Å². The fourth-order valence-corrected chi connectivity index (χ4v) is 4.14. The molecular formula is C22H23ClN2O4S. The first-order valence-electron chi connectivity index (χ1n) is 9.65. The first-order chi connectivity index (χ1) is 14.5. The van der Waals surface area contributed by atoms with Gasteiger partial charge >= 0.3 is 5.97 Å². The molecule has 1 aromatic heterocycles. The number of carbonyl (C=O) groups excluding carboxylic acids is 2. The summed E-state index contributed by atoms with van der Waals surface area (Å²) in [6.07, 6.45) is 3.21. The van der Waals surface area contributed by atoms with Gasteiger partial charge in [0.05, 0.1) is 17.3 Å². The average molecular weight is 447 g/mol. The Morgan fingerprint density at radius 3 is 2.63 bits per heavy atom. The number of aryl methyl sites for hydroxylation is 1. The summed E-state index contributed by atoms with van der Waals surface area (Å²) < 4.78 is 13.0. The normalized spacial score (nSPS) is 11.6. The number of unbranched alkanes of at least 4 members (excludes halogenated alkanes) is 1. The molecule has 1 amide bonds. The lowest BCUT2D eigenvalue weighted by Gasteiger charge is -2.05. The van der Waals surface area contributed by atoms with Gasteiger partial charge in [-0.05, 0) is 54.8 Å². The number of thiazole rings is 1. The standard InChI is InChI=1S/C22H23ClN2O4S/c1-3-4-5-15-6-11-18-19(12-15)30-22(25(18)13-21(27)28-2)24-20(26)14-29-17-9-7-16(23)8-10-17/h6-12H,3-5,13-14H2,1-2H3. The fourth-order valence-electron chi connectivity index (χ4n) is 2.90. The SMILES string of the molecule is CCCCc1ccc2c(c1)sc(=NC(=O)COc1ccc(Cl)cc1)n2CC(=O)OC. The smallest absolute Gasteiger partial charge is 0.325 e. The van der Waals surface area contributed by atoms with Crippen molar-refractivity contribution in [3.63, 3.8) is 0 Å². The molecule has 0 aliphatic rings. The Balaban J connectivity index is 1.88. The van der Waals surface area contributed by atoms with E-state index in [0.717, 1.165) is 29.5 Å². The summed E-state index contributed by atoms with van der Waals surface area (Å²) in [6.45, 7) is 1.92. The van der Waals surface area contributed by atoms with Crippen molar-refractivity contribution >= 4 is 45.0 Å². The Kier molecular flexibility index (Phi) is 7.65. The number of methoxy groups -OCH3 is 1. The van der Waals surface area contributed by atoms with E-state index in [1.54, 1.807) is 28.8 Å². The zero-order valence-electron chi connectivity index (χ0n) is 16.9. The van der Waals surface area contributed by atoms with E-state index in [-0.39, 0.29) is 13.2 Å². The minimum atomic E-state index is -0.443. The molecule has 0 bridgehead atoms. The molecule has 1 heterocycles. The third-order valence-corrected chi connectivity index (χ3v) is 5.77. The second kappa shape index (κ2) is 10.4. The highest BCUT2D eigenvalue weighted by Crippen LogP contribution is 2.21. The minimum Gasteiger partial charge on any atom is -0.484 e. The Bertz CT molecular complexity index is 1100. The molecule has 0 fully saturated rings. The molecule has 0 atom stereocenters. The summed E-state index contributed by atoms with van der Waals surface area (Å²) in [7, 11) is 1.34. The van der Waals surface area contributed by atoms with Crippen LogP contribution in [-0.2, 0) is 27.3 Å². The van der Waals surface area contributed by atoms with E-state index in [1.807, 2.05) is 12.1 Å². The molecule has 0 aliphatic heterocycles. The summed E-state index contributed by atoms with van der Waals surface area (Å²) in [6, 6.07) is 12.9. The third-order valence-electron chi connectivity index (χ3n) is 4.48. The first-order valence-corrected chi connectivity index (χ1v) is 10.8. The zero-order valence-corrected chi connectivity index (χ0v) is 18.5. The van der Waals surface area contributed by atoms with Crippen LogP contribution in [0.15, 0.2) is 47.5 Å². The van der Waals surface area contributed by atoms with Crippen LogP contribution in [0.2, 0.25) is 5.02 Å². The molecule has 0 saturated heterocycles. The maximum Gasteiger partial charge on any atom is 0.325 e. The number of esters is 1. The Labute approximate surface area is 183 Å². The highest BCUT2D eigenvalue weighted by Gasteiger charge is 2.13. The minimum absolute atomic E-state index is 0.0189. The van der Waals surface area contributed by atoms with Crippen molar-refractivity contribution in [2.24, 2.45) is 4.99 Å². The molecule has 0 unspecified atom stereocenters. The van der Waals surface area contributed by atoms with Gasteiger partial charge in [0, 0.05) is 5.02 Å². The van der Waals surface area contributed by atoms with Crippen molar-refractivity contribution in [3.05, 3.63) is 57.9 Å². The van der Waals surface area contributed by atoms with Crippen molar-refractivity contribution < 1.29 is 19.1 Å². The Morgan fingerprint density at radius 2 is 1.93 bits per heavy atom. The van der Waals surface area contributed by atoms with E-state index in [2.05, 4.69) is 18.0 Å². The number of amides is 1. The number of fused-ring (bicyclic) bond motifs is 1. The van der Waals surface area contributed by atoms with Crippen LogP contribution in [0.25, 0.3) is 10.2 Å². The van der Waals surface area contributed by atoms with Gasteiger partial charge in [0.15, 0.2) is 11.4 Å². The van der Waals surface area contributed by atoms with E-state index in [1.165, 1.54) is 24.0 Å². The Morgan fingerprint density at radius 1 is 1.17 bits per heavy atom. The van der Waals surface area contributed by atoms with Gasteiger partial charge in [0.25, 0.3) is 5.91 Å². The molecule has 0 saturated carbocycles. The van der Waals surface area contributed by atoms with E-state index < -0.39 is 11.9 Å². The molecular weight excluding hydrogens is 424 g/mol. The lowest BCUT2D eigenvalue weighted by atomic mass is 10.1. The van der Waals surface area contributed by atoms with Gasteiger partial charge in [0.2, 0.25) is 0 Å². The highest BCUT2D eigenvalue weighted by molar-refractivity contribution is 7.16. The van der Waals surface area contributed by atoms with Crippen molar-refractivity contribution in [2.75, 3.05) is 13.7 Å². The molecule has 3 rings (SSSR count). The number of hydrogen-bond donors (Lipinski definition) is 0. The molecule has 0 spiro atoms. The molecule has 6 nitrogen and oxygen atoms in total. The number of aromatic nitrogens is 1. The van der Waals surface area contributed by atoms with Crippen LogP contribution in [0, 0.1) is 0 Å². The molecule has 0 radical (unpaired) electrons. The topological polar surface area (TPSA) is 69.9 Å². The number of rotatable bonds is 8. The van der Waals surface area contributed by atoms with Gasteiger partial charge in [-0.15, -0.1) is 0 Å². The van der Waals surface area contributed by atoms with E-state index >= 15 is 0 Å². The first kappa shape index (κ1) is 22.1. The van der Waals surface area contributed by atoms with Crippen molar-refractivity contribution in [1.82, 2.24) is 4.57 Å². The van der Waals surface area contributed by atoms with Gasteiger partial charge < -0.3 is 14.0 Å². The van der Waals surface area contributed by atoms with Crippen LogP contribution in [0.3, 0.4) is 0 Å². The lowest BCUT2D eigenvalue weighted by molar-refractivity contribution is -0.141. The van der Waals surface area contributed by atoms with Crippen LogP contribution < -0.4 is 9.54 Å². The monoisotopic (exact) mass is 446 g/mol. The van der Waals surface area contributed by atoms with Crippen molar-refractivity contribution in [1.29, 1.82) is 0 Å². The number of ether oxygens (including phenoxy) is 2. The predicted octanol–water partition coefficient (Wildman–Crippen LogP) is 4.38. The van der Waals surface area contributed by atoms with Gasteiger partial charge in [-0.2, -0.15) is 4.99 Å². The van der Waals surface area contributed by atoms with E-state index in [4.69, 9.17) is 21.1 Å². The van der Waals surface area contributed by atoms with Gasteiger partial charge in [-0.1, -0.05) is 42.3 Å². The van der Waals surface area contributed by atoms with Crippen molar-refractivity contribution in [2.45, 2.75) is 32.7 Å². The summed E-state index contributed by atoms with van der Waals surface area (Å²) in [5.74, 6) is -0.320. The second-order valence-corrected chi connectivity index (χ2v) is 8.15. The molecule has 158 valence electrons. The van der Waals surface area contributed by atoms with E-state index in [9.17, 15) is 9.59 Å².